The van der Waals surface area contributed by atoms with Crippen LogP contribution in [0.15, 0.2) is 27.6 Å². The maximum atomic E-state index is 13.0. The van der Waals surface area contributed by atoms with Gasteiger partial charge in [0, 0.05) is 38.2 Å². The van der Waals surface area contributed by atoms with Gasteiger partial charge >= 0.3 is 0 Å². The molecule has 1 aliphatic rings. The Morgan fingerprint density at radius 1 is 1.11 bits per heavy atom. The number of carbonyl (C=O) groups is 1. The van der Waals surface area contributed by atoms with Crippen molar-refractivity contribution in [3.63, 3.8) is 0 Å². The quantitative estimate of drug-likeness (QED) is 0.763. The lowest BCUT2D eigenvalue weighted by molar-refractivity contribution is -0.132. The fourth-order valence-corrected chi connectivity index (χ4v) is 5.28. The van der Waals surface area contributed by atoms with Gasteiger partial charge in [0.1, 0.15) is 5.76 Å². The first-order valence-electron chi connectivity index (χ1n) is 9.47. The molecule has 0 N–H and O–H groups in total. The minimum Gasteiger partial charge on any atom is -0.361 e. The maximum absolute atomic E-state index is 13.0. The zero-order chi connectivity index (χ0) is 20.5. The summed E-state index contributed by atoms with van der Waals surface area (Å²) in [5.41, 5.74) is 3.57. The Bertz CT molecular complexity index is 954. The van der Waals surface area contributed by atoms with Gasteiger partial charge in [0.05, 0.1) is 10.6 Å². The van der Waals surface area contributed by atoms with Crippen LogP contribution in [0.1, 0.15) is 34.6 Å². The van der Waals surface area contributed by atoms with Crippen LogP contribution in [0.3, 0.4) is 0 Å². The Labute approximate surface area is 166 Å². The lowest BCUT2D eigenvalue weighted by atomic mass is 10.1. The summed E-state index contributed by atoms with van der Waals surface area (Å²) < 4.78 is 32.5. The molecule has 2 heterocycles. The highest BCUT2D eigenvalue weighted by molar-refractivity contribution is 7.89. The molecule has 1 aromatic carbocycles. The molecular weight excluding hydrogens is 378 g/mol. The van der Waals surface area contributed by atoms with Crippen LogP contribution in [0, 0.1) is 27.7 Å². The summed E-state index contributed by atoms with van der Waals surface area (Å²) in [6.45, 7) is 8.91. The van der Waals surface area contributed by atoms with Gasteiger partial charge in [0.2, 0.25) is 15.9 Å². The minimum absolute atomic E-state index is 0.0311. The molecule has 1 aromatic heterocycles. The molecule has 0 spiro atoms. The van der Waals surface area contributed by atoms with E-state index in [4.69, 9.17) is 4.52 Å². The molecule has 0 aliphatic carbocycles. The number of aryl methyl sites for hydroxylation is 4. The van der Waals surface area contributed by atoms with Crippen LogP contribution in [0.25, 0.3) is 0 Å². The van der Waals surface area contributed by atoms with Crippen LogP contribution in [0.2, 0.25) is 0 Å². The Morgan fingerprint density at radius 2 is 1.79 bits per heavy atom. The molecule has 0 unspecified atom stereocenters. The van der Waals surface area contributed by atoms with Crippen LogP contribution in [-0.2, 0) is 21.2 Å². The Balaban J connectivity index is 1.60. The third-order valence-corrected chi connectivity index (χ3v) is 7.37. The van der Waals surface area contributed by atoms with Crippen molar-refractivity contribution in [3.05, 3.63) is 46.3 Å². The van der Waals surface area contributed by atoms with Crippen LogP contribution >= 0.6 is 0 Å². The van der Waals surface area contributed by atoms with Crippen molar-refractivity contribution in [2.75, 3.05) is 26.2 Å². The van der Waals surface area contributed by atoms with Gasteiger partial charge in [-0.25, -0.2) is 8.42 Å². The maximum Gasteiger partial charge on any atom is 0.243 e. The number of benzene rings is 1. The normalized spacial score (nSPS) is 15.8. The summed E-state index contributed by atoms with van der Waals surface area (Å²) in [5, 5.41) is 3.91. The van der Waals surface area contributed by atoms with E-state index in [2.05, 4.69) is 5.16 Å². The minimum atomic E-state index is -3.54. The molecule has 0 atom stereocenters. The zero-order valence-corrected chi connectivity index (χ0v) is 17.7. The van der Waals surface area contributed by atoms with Crippen molar-refractivity contribution in [1.82, 2.24) is 14.4 Å². The number of hydrogen-bond acceptors (Lipinski definition) is 5. The standard InChI is InChI=1S/C20H27N3O4S/c1-14-5-7-19(15(2)13-14)28(25,26)23-11-9-22(10-12-23)20(24)8-6-18-16(3)21-27-17(18)4/h5,7,13H,6,8-12H2,1-4H3. The number of rotatable bonds is 5. The highest BCUT2D eigenvalue weighted by atomic mass is 32.2. The molecule has 7 nitrogen and oxygen atoms in total. The van der Waals surface area contributed by atoms with Gasteiger partial charge in [-0.15, -0.1) is 0 Å². The van der Waals surface area contributed by atoms with Gasteiger partial charge in [-0.3, -0.25) is 4.79 Å². The van der Waals surface area contributed by atoms with E-state index in [0.717, 1.165) is 28.1 Å². The van der Waals surface area contributed by atoms with Crippen molar-refractivity contribution in [3.8, 4) is 0 Å². The third kappa shape index (κ3) is 4.12. The van der Waals surface area contributed by atoms with Crippen LogP contribution in [0.5, 0.6) is 0 Å². The van der Waals surface area contributed by atoms with Crippen LogP contribution < -0.4 is 0 Å². The van der Waals surface area contributed by atoms with Crippen molar-refractivity contribution in [2.24, 2.45) is 0 Å². The summed E-state index contributed by atoms with van der Waals surface area (Å²) in [6, 6.07) is 5.36. The Kier molecular flexibility index (Phi) is 5.90. The van der Waals surface area contributed by atoms with E-state index >= 15 is 0 Å². The van der Waals surface area contributed by atoms with Crippen LogP contribution in [0.4, 0.5) is 0 Å². The second-order valence-corrected chi connectivity index (χ2v) is 9.26. The molecule has 0 radical (unpaired) electrons. The topological polar surface area (TPSA) is 83.7 Å². The summed E-state index contributed by atoms with van der Waals surface area (Å²) in [6.07, 6.45) is 0.952. The molecule has 1 aliphatic heterocycles. The zero-order valence-electron chi connectivity index (χ0n) is 16.9. The molecule has 152 valence electrons. The monoisotopic (exact) mass is 405 g/mol. The lowest BCUT2D eigenvalue weighted by Gasteiger charge is -2.34. The van der Waals surface area contributed by atoms with Crippen molar-refractivity contribution in [1.29, 1.82) is 0 Å². The predicted octanol–water partition coefficient (Wildman–Crippen LogP) is 2.37. The fourth-order valence-electron chi connectivity index (χ4n) is 3.65. The molecule has 0 bridgehead atoms. The van der Waals surface area contributed by atoms with Gasteiger partial charge in [-0.05, 0) is 45.7 Å². The van der Waals surface area contributed by atoms with E-state index in [1.54, 1.807) is 11.0 Å². The van der Waals surface area contributed by atoms with Gasteiger partial charge in [-0.2, -0.15) is 4.31 Å². The second kappa shape index (κ2) is 8.05. The largest absolute Gasteiger partial charge is 0.361 e. The summed E-state index contributed by atoms with van der Waals surface area (Å²) >= 11 is 0. The molecule has 1 fully saturated rings. The average Bonchev–Trinajstić information content (AvgIpc) is 2.97. The number of nitrogens with zero attached hydrogens (tertiary/aromatic N) is 3. The van der Waals surface area contributed by atoms with Crippen molar-refractivity contribution >= 4 is 15.9 Å². The number of aromatic nitrogens is 1. The lowest BCUT2D eigenvalue weighted by Crippen LogP contribution is -2.50. The molecule has 1 saturated heterocycles. The van der Waals surface area contributed by atoms with Gasteiger partial charge in [0.15, 0.2) is 0 Å². The van der Waals surface area contributed by atoms with Gasteiger partial charge in [0.25, 0.3) is 0 Å². The highest BCUT2D eigenvalue weighted by Crippen LogP contribution is 2.22. The average molecular weight is 406 g/mol. The van der Waals surface area contributed by atoms with Crippen molar-refractivity contribution in [2.45, 2.75) is 45.4 Å². The third-order valence-electron chi connectivity index (χ3n) is 5.31. The molecular formula is C20H27N3O4S. The molecule has 0 saturated carbocycles. The number of sulfonamides is 1. The van der Waals surface area contributed by atoms with Crippen molar-refractivity contribution < 1.29 is 17.7 Å². The number of amides is 1. The van der Waals surface area contributed by atoms with E-state index in [0.29, 0.717) is 43.9 Å². The SMILES string of the molecule is Cc1ccc(S(=O)(=O)N2CCN(C(=O)CCc3c(C)noc3C)CC2)c(C)c1. The van der Waals surface area contributed by atoms with E-state index in [9.17, 15) is 13.2 Å². The number of carbonyl (C=O) groups excluding carboxylic acids is 1. The van der Waals surface area contributed by atoms with E-state index in [1.165, 1.54) is 4.31 Å². The first-order valence-corrected chi connectivity index (χ1v) is 10.9. The molecule has 3 rings (SSSR count). The smallest absolute Gasteiger partial charge is 0.243 e. The number of piperazine rings is 1. The molecule has 1 amide bonds. The van der Waals surface area contributed by atoms with Gasteiger partial charge < -0.3 is 9.42 Å². The summed E-state index contributed by atoms with van der Waals surface area (Å²) in [5.74, 6) is 0.776. The van der Waals surface area contributed by atoms with E-state index in [-0.39, 0.29) is 5.91 Å². The second-order valence-electron chi connectivity index (χ2n) is 7.36. The summed E-state index contributed by atoms with van der Waals surface area (Å²) in [7, 11) is -3.54. The first-order chi connectivity index (χ1) is 13.2. The van der Waals surface area contributed by atoms with Crippen LogP contribution in [-0.4, -0.2) is 54.9 Å². The summed E-state index contributed by atoms with van der Waals surface area (Å²) in [4.78, 5) is 14.6. The number of hydrogen-bond donors (Lipinski definition) is 0. The fraction of sp³-hybridized carbons (Fsp3) is 0.500. The van der Waals surface area contributed by atoms with E-state index < -0.39 is 10.0 Å². The van der Waals surface area contributed by atoms with Gasteiger partial charge in [-0.1, -0.05) is 22.9 Å². The molecule has 28 heavy (non-hydrogen) atoms. The predicted molar refractivity (Wildman–Crippen MR) is 106 cm³/mol. The first kappa shape index (κ1) is 20.5. The Morgan fingerprint density at radius 3 is 2.36 bits per heavy atom. The highest BCUT2D eigenvalue weighted by Gasteiger charge is 2.31. The van der Waals surface area contributed by atoms with E-state index in [1.807, 2.05) is 39.8 Å². The Hall–Kier alpha value is -2.19. The molecule has 2 aromatic rings. The molecule has 8 heteroatoms.